The molecular weight excluding hydrogens is 736 g/mol. The second-order valence-corrected chi connectivity index (χ2v) is 11.4. The van der Waals surface area contributed by atoms with Gasteiger partial charge in [-0.25, -0.2) is 19.2 Å². The van der Waals surface area contributed by atoms with Gasteiger partial charge in [-0.3, -0.25) is 40.5 Å². The summed E-state index contributed by atoms with van der Waals surface area (Å²) in [5.74, 6) is -4.26. The van der Waals surface area contributed by atoms with E-state index in [4.69, 9.17) is 23.7 Å². The molecule has 4 aromatic rings. The van der Waals surface area contributed by atoms with E-state index in [-0.39, 0.29) is 45.0 Å². The van der Waals surface area contributed by atoms with Crippen LogP contribution >= 0.6 is 0 Å². The van der Waals surface area contributed by atoms with Crippen LogP contribution in [0.25, 0.3) is 0 Å². The highest BCUT2D eigenvalue weighted by molar-refractivity contribution is 5.91. The highest BCUT2D eigenvalue weighted by atomic mass is 16.7. The van der Waals surface area contributed by atoms with Crippen molar-refractivity contribution in [1.29, 1.82) is 0 Å². The number of benzene rings is 4. The Labute approximate surface area is 306 Å². The quantitative estimate of drug-likeness (QED) is 0.0757. The van der Waals surface area contributed by atoms with E-state index in [1.807, 2.05) is 0 Å². The van der Waals surface area contributed by atoms with Gasteiger partial charge in [-0.1, -0.05) is 0 Å². The van der Waals surface area contributed by atoms with E-state index in [9.17, 15) is 59.6 Å². The molecule has 4 atom stereocenters. The van der Waals surface area contributed by atoms with Crippen molar-refractivity contribution in [3.8, 4) is 0 Å². The van der Waals surface area contributed by atoms with Crippen molar-refractivity contribution in [2.24, 2.45) is 0 Å². The number of hydrogen-bond acceptors (Lipinski definition) is 17. The summed E-state index contributed by atoms with van der Waals surface area (Å²) < 4.78 is 28.1. The molecule has 0 unspecified atom stereocenters. The van der Waals surface area contributed by atoms with Crippen molar-refractivity contribution in [3.63, 3.8) is 0 Å². The van der Waals surface area contributed by atoms with Crippen molar-refractivity contribution in [2.75, 3.05) is 6.61 Å². The molecule has 1 aliphatic heterocycles. The van der Waals surface area contributed by atoms with Gasteiger partial charge in [0.15, 0.2) is 6.10 Å². The number of rotatable bonds is 13. The first-order valence-corrected chi connectivity index (χ1v) is 15.6. The Morgan fingerprint density at radius 3 is 1.20 bits per heavy atom. The standard InChI is InChI=1S/C34H24N4O17/c39-31(19-1-9-23(10-2-19)35(43)44)51-18-28-30(55-34(42)22-7-15-26(16-8-22)38(49)50)27(53-32(40)20-3-11-24(12-4-20)36(45)46)17-29(52-28)54-33(41)21-5-13-25(14-6-21)37(47)48/h1-16,27-30H,17-18H2/t27-,28-,29+,30-/m0/s1. The van der Waals surface area contributed by atoms with Crippen LogP contribution in [0.4, 0.5) is 22.7 Å². The molecule has 5 rings (SSSR count). The predicted octanol–water partition coefficient (Wildman–Crippen LogP) is 4.90. The Morgan fingerprint density at radius 1 is 0.509 bits per heavy atom. The number of non-ortho nitro benzene ring substituents is 4. The van der Waals surface area contributed by atoms with Crippen LogP contribution in [0, 0.1) is 40.5 Å². The molecule has 0 aromatic heterocycles. The Hall–Kier alpha value is -7.68. The lowest BCUT2D eigenvalue weighted by Gasteiger charge is -2.39. The first kappa shape index (κ1) is 38.5. The van der Waals surface area contributed by atoms with Gasteiger partial charge in [-0.15, -0.1) is 0 Å². The molecule has 55 heavy (non-hydrogen) atoms. The Morgan fingerprint density at radius 2 is 0.836 bits per heavy atom. The molecule has 282 valence electrons. The largest absolute Gasteiger partial charge is 0.459 e. The zero-order valence-corrected chi connectivity index (χ0v) is 27.7. The third-order valence-corrected chi connectivity index (χ3v) is 7.86. The van der Waals surface area contributed by atoms with E-state index in [0.717, 1.165) is 97.1 Å². The second kappa shape index (κ2) is 16.8. The summed E-state index contributed by atoms with van der Waals surface area (Å²) >= 11 is 0. The van der Waals surface area contributed by atoms with Crippen LogP contribution in [0.1, 0.15) is 47.9 Å². The number of nitrogens with zero attached hydrogens (tertiary/aromatic N) is 4. The van der Waals surface area contributed by atoms with Gasteiger partial charge >= 0.3 is 23.9 Å². The van der Waals surface area contributed by atoms with Crippen LogP contribution in [-0.4, -0.2) is 74.8 Å². The summed E-state index contributed by atoms with van der Waals surface area (Å²) in [4.78, 5) is 94.3. The molecule has 1 saturated heterocycles. The summed E-state index contributed by atoms with van der Waals surface area (Å²) in [6, 6.07) is 17.1. The summed E-state index contributed by atoms with van der Waals surface area (Å²) in [5.41, 5.74) is -1.99. The van der Waals surface area contributed by atoms with E-state index in [1.54, 1.807) is 0 Å². The molecule has 0 aliphatic carbocycles. The zero-order chi connectivity index (χ0) is 39.8. The number of nitro groups is 4. The summed E-state index contributed by atoms with van der Waals surface area (Å²) in [6.07, 6.45) is -6.93. The third kappa shape index (κ3) is 9.61. The normalized spacial score (nSPS) is 17.5. The molecule has 0 radical (unpaired) electrons. The summed E-state index contributed by atoms with van der Waals surface area (Å²) in [6.45, 7) is -0.773. The SMILES string of the molecule is O=C(OC[C@@H]1O[C@H](OC(=O)c2ccc([N+](=O)[O-])cc2)C[C@H](OC(=O)c2ccc([N+](=O)[O-])cc2)[C@@H]1OC(=O)c1ccc([N+](=O)[O-])cc1)c1ccc([N+](=O)[O-])cc1. The Kier molecular flexibility index (Phi) is 11.8. The maximum atomic E-state index is 13.4. The van der Waals surface area contributed by atoms with Crippen LogP contribution in [0.5, 0.6) is 0 Å². The van der Waals surface area contributed by atoms with E-state index in [2.05, 4.69) is 0 Å². The second-order valence-electron chi connectivity index (χ2n) is 11.4. The predicted molar refractivity (Wildman–Crippen MR) is 180 cm³/mol. The number of hydrogen-bond donors (Lipinski definition) is 0. The molecule has 0 amide bonds. The lowest BCUT2D eigenvalue weighted by Crippen LogP contribution is -2.54. The van der Waals surface area contributed by atoms with Gasteiger partial charge in [0.1, 0.15) is 18.8 Å². The van der Waals surface area contributed by atoms with E-state index in [1.165, 1.54) is 0 Å². The first-order valence-electron chi connectivity index (χ1n) is 15.6. The van der Waals surface area contributed by atoms with E-state index in [0.29, 0.717) is 0 Å². The van der Waals surface area contributed by atoms with E-state index < -0.39 is 81.2 Å². The lowest BCUT2D eigenvalue weighted by molar-refractivity contribution is -0.385. The monoisotopic (exact) mass is 760 g/mol. The van der Waals surface area contributed by atoms with E-state index >= 15 is 0 Å². The first-order chi connectivity index (χ1) is 26.2. The molecule has 0 saturated carbocycles. The Bertz CT molecular complexity index is 2140. The molecule has 0 spiro atoms. The number of esters is 4. The molecule has 1 aliphatic rings. The lowest BCUT2D eigenvalue weighted by atomic mass is 10.0. The van der Waals surface area contributed by atoms with Crippen LogP contribution < -0.4 is 0 Å². The minimum atomic E-state index is -1.65. The van der Waals surface area contributed by atoms with Crippen molar-refractivity contribution >= 4 is 46.6 Å². The van der Waals surface area contributed by atoms with Crippen LogP contribution in [0.15, 0.2) is 97.1 Å². The number of ether oxygens (including phenoxy) is 5. The van der Waals surface area contributed by atoms with Crippen molar-refractivity contribution in [3.05, 3.63) is 160 Å². The fourth-order valence-corrected chi connectivity index (χ4v) is 5.07. The average Bonchev–Trinajstić information content (AvgIpc) is 3.17. The number of nitro benzene ring substituents is 4. The minimum Gasteiger partial charge on any atom is -0.459 e. The van der Waals surface area contributed by atoms with Gasteiger partial charge < -0.3 is 23.7 Å². The summed E-state index contributed by atoms with van der Waals surface area (Å²) in [5, 5.41) is 44.4. The maximum absolute atomic E-state index is 13.4. The molecule has 1 fully saturated rings. The summed E-state index contributed by atoms with van der Waals surface area (Å²) in [7, 11) is 0. The Balaban J connectivity index is 1.46. The molecule has 0 bridgehead atoms. The molecular formula is C34H24N4O17. The molecule has 0 N–H and O–H groups in total. The molecule has 21 nitrogen and oxygen atoms in total. The zero-order valence-electron chi connectivity index (χ0n) is 27.7. The highest BCUT2D eigenvalue weighted by Gasteiger charge is 2.46. The fourth-order valence-electron chi connectivity index (χ4n) is 5.07. The van der Waals surface area contributed by atoms with Gasteiger partial charge in [0.05, 0.1) is 48.4 Å². The third-order valence-electron chi connectivity index (χ3n) is 7.86. The van der Waals surface area contributed by atoms with Crippen LogP contribution in [0.2, 0.25) is 0 Å². The van der Waals surface area contributed by atoms with Gasteiger partial charge in [0, 0.05) is 48.5 Å². The van der Waals surface area contributed by atoms with Crippen molar-refractivity contribution < 1.29 is 62.6 Å². The van der Waals surface area contributed by atoms with Crippen LogP contribution in [0.3, 0.4) is 0 Å². The smallest absolute Gasteiger partial charge is 0.340 e. The van der Waals surface area contributed by atoms with Gasteiger partial charge in [0.2, 0.25) is 6.29 Å². The van der Waals surface area contributed by atoms with Crippen molar-refractivity contribution in [1.82, 2.24) is 0 Å². The minimum absolute atomic E-state index is 0.136. The maximum Gasteiger partial charge on any atom is 0.340 e. The topological polar surface area (TPSA) is 287 Å². The fraction of sp³-hybridized carbons (Fsp3) is 0.176. The molecule has 1 heterocycles. The molecule has 4 aromatic carbocycles. The molecule has 21 heteroatoms. The number of carbonyl (C=O) groups excluding carboxylic acids is 4. The van der Waals surface area contributed by atoms with Crippen molar-refractivity contribution in [2.45, 2.75) is 31.0 Å². The van der Waals surface area contributed by atoms with Gasteiger partial charge in [-0.2, -0.15) is 0 Å². The average molecular weight is 761 g/mol. The van der Waals surface area contributed by atoms with Gasteiger partial charge in [0.25, 0.3) is 22.7 Å². The number of carbonyl (C=O) groups is 4. The van der Waals surface area contributed by atoms with Crippen LogP contribution in [-0.2, 0) is 23.7 Å². The van der Waals surface area contributed by atoms with Gasteiger partial charge in [-0.05, 0) is 48.5 Å². The highest BCUT2D eigenvalue weighted by Crippen LogP contribution is 2.30.